The number of para-hydroxylation sites is 1. The average molecular weight is 292 g/mol. The zero-order valence-electron chi connectivity index (χ0n) is 12.1. The van der Waals surface area contributed by atoms with Gasteiger partial charge in [0.1, 0.15) is 12.4 Å². The number of ether oxygens (including phenoxy) is 2. The first kappa shape index (κ1) is 15.3. The molecule has 1 aromatic carbocycles. The Bertz CT molecular complexity index is 504. The molecule has 6 nitrogen and oxygen atoms in total. The number of methoxy groups -OCH3 is 1. The van der Waals surface area contributed by atoms with Crippen molar-refractivity contribution in [1.29, 1.82) is 0 Å². The Hall–Kier alpha value is -2.08. The van der Waals surface area contributed by atoms with Gasteiger partial charge in [-0.25, -0.2) is 0 Å². The molecule has 0 aromatic heterocycles. The van der Waals surface area contributed by atoms with E-state index < -0.39 is 0 Å². The van der Waals surface area contributed by atoms with E-state index in [4.69, 9.17) is 9.47 Å². The SMILES string of the molecule is COCCNC(=O)CNC(=O)C1COc2ccccc2C1. The zero-order chi connectivity index (χ0) is 15.1. The number of carbonyl (C=O) groups is 2. The molecule has 114 valence electrons. The second-order valence-corrected chi connectivity index (χ2v) is 4.88. The summed E-state index contributed by atoms with van der Waals surface area (Å²) in [6.07, 6.45) is 0.632. The van der Waals surface area contributed by atoms with Crippen molar-refractivity contribution in [3.63, 3.8) is 0 Å². The highest BCUT2D eigenvalue weighted by atomic mass is 16.5. The topological polar surface area (TPSA) is 76.7 Å². The summed E-state index contributed by atoms with van der Waals surface area (Å²) in [6.45, 7) is 1.20. The first-order valence-electron chi connectivity index (χ1n) is 6.94. The number of carbonyl (C=O) groups excluding carboxylic acids is 2. The molecule has 2 rings (SSSR count). The normalized spacial score (nSPS) is 16.5. The minimum absolute atomic E-state index is 0.0271. The molecule has 0 spiro atoms. The van der Waals surface area contributed by atoms with Crippen molar-refractivity contribution < 1.29 is 19.1 Å². The van der Waals surface area contributed by atoms with Crippen LogP contribution in [0, 0.1) is 5.92 Å². The summed E-state index contributed by atoms with van der Waals surface area (Å²) in [5, 5.41) is 5.29. The van der Waals surface area contributed by atoms with Crippen LogP contribution in [0.2, 0.25) is 0 Å². The summed E-state index contributed by atoms with van der Waals surface area (Å²) < 4.78 is 10.4. The molecule has 1 aliphatic heterocycles. The van der Waals surface area contributed by atoms with Gasteiger partial charge in [0.05, 0.1) is 19.1 Å². The first-order chi connectivity index (χ1) is 10.2. The highest BCUT2D eigenvalue weighted by Gasteiger charge is 2.25. The lowest BCUT2D eigenvalue weighted by atomic mass is 9.96. The van der Waals surface area contributed by atoms with E-state index in [0.29, 0.717) is 26.2 Å². The van der Waals surface area contributed by atoms with Gasteiger partial charge in [0, 0.05) is 13.7 Å². The number of hydrogen-bond acceptors (Lipinski definition) is 4. The molecule has 1 atom stereocenters. The Labute approximate surface area is 123 Å². The molecule has 2 N–H and O–H groups in total. The van der Waals surface area contributed by atoms with Crippen LogP contribution in [0.3, 0.4) is 0 Å². The van der Waals surface area contributed by atoms with E-state index in [1.165, 1.54) is 0 Å². The van der Waals surface area contributed by atoms with E-state index in [0.717, 1.165) is 11.3 Å². The zero-order valence-corrected chi connectivity index (χ0v) is 12.1. The molecule has 6 heteroatoms. The van der Waals surface area contributed by atoms with Gasteiger partial charge in [-0.3, -0.25) is 9.59 Å². The van der Waals surface area contributed by atoms with Gasteiger partial charge in [0.25, 0.3) is 0 Å². The van der Waals surface area contributed by atoms with Gasteiger partial charge in [-0.05, 0) is 18.1 Å². The fourth-order valence-corrected chi connectivity index (χ4v) is 2.16. The fourth-order valence-electron chi connectivity index (χ4n) is 2.16. The molecule has 0 saturated heterocycles. The Morgan fingerprint density at radius 1 is 1.33 bits per heavy atom. The summed E-state index contributed by atoms with van der Waals surface area (Å²) >= 11 is 0. The predicted molar refractivity (Wildman–Crippen MR) is 77.0 cm³/mol. The van der Waals surface area contributed by atoms with Gasteiger partial charge in [-0.2, -0.15) is 0 Å². The van der Waals surface area contributed by atoms with E-state index in [2.05, 4.69) is 10.6 Å². The highest BCUT2D eigenvalue weighted by molar-refractivity contribution is 5.86. The Morgan fingerprint density at radius 2 is 2.14 bits per heavy atom. The molecule has 0 fully saturated rings. The molecule has 21 heavy (non-hydrogen) atoms. The van der Waals surface area contributed by atoms with Crippen LogP contribution in [0.25, 0.3) is 0 Å². The Morgan fingerprint density at radius 3 is 2.95 bits per heavy atom. The predicted octanol–water partition coefficient (Wildman–Crippen LogP) is 0.117. The van der Waals surface area contributed by atoms with Gasteiger partial charge < -0.3 is 20.1 Å². The molecular weight excluding hydrogens is 272 g/mol. The van der Waals surface area contributed by atoms with Gasteiger partial charge in [-0.1, -0.05) is 18.2 Å². The molecule has 0 aliphatic carbocycles. The lowest BCUT2D eigenvalue weighted by molar-refractivity contribution is -0.129. The van der Waals surface area contributed by atoms with Gasteiger partial charge in [-0.15, -0.1) is 0 Å². The second-order valence-electron chi connectivity index (χ2n) is 4.88. The summed E-state index contributed by atoms with van der Waals surface area (Å²) in [7, 11) is 1.56. The van der Waals surface area contributed by atoms with Crippen LogP contribution < -0.4 is 15.4 Å². The van der Waals surface area contributed by atoms with Gasteiger partial charge in [0.2, 0.25) is 11.8 Å². The van der Waals surface area contributed by atoms with Crippen LogP contribution in [-0.2, 0) is 20.7 Å². The van der Waals surface area contributed by atoms with E-state index >= 15 is 0 Å². The molecule has 1 heterocycles. The first-order valence-corrected chi connectivity index (χ1v) is 6.94. The third kappa shape index (κ3) is 4.46. The number of fused-ring (bicyclic) bond motifs is 1. The van der Waals surface area contributed by atoms with Crippen molar-refractivity contribution in [3.8, 4) is 5.75 Å². The molecule has 0 saturated carbocycles. The maximum atomic E-state index is 12.0. The van der Waals surface area contributed by atoms with Crippen LogP contribution >= 0.6 is 0 Å². The number of rotatable bonds is 6. The van der Waals surface area contributed by atoms with E-state index in [-0.39, 0.29) is 24.3 Å². The second kappa shape index (κ2) is 7.64. The van der Waals surface area contributed by atoms with Crippen molar-refractivity contribution in [3.05, 3.63) is 29.8 Å². The molecule has 1 aromatic rings. The van der Waals surface area contributed by atoms with E-state index in [9.17, 15) is 9.59 Å². The summed E-state index contributed by atoms with van der Waals surface area (Å²) in [4.78, 5) is 23.5. The number of nitrogens with one attached hydrogen (secondary N) is 2. The van der Waals surface area contributed by atoms with Crippen molar-refractivity contribution in [2.45, 2.75) is 6.42 Å². The van der Waals surface area contributed by atoms with E-state index in [1.807, 2.05) is 24.3 Å². The lowest BCUT2D eigenvalue weighted by Gasteiger charge is -2.24. The number of benzene rings is 1. The standard InChI is InChI=1S/C15H20N2O4/c1-20-7-6-16-14(18)9-17-15(19)12-8-11-4-2-3-5-13(11)21-10-12/h2-5,12H,6-10H2,1H3,(H,16,18)(H,17,19). The maximum Gasteiger partial charge on any atom is 0.239 e. The van der Waals surface area contributed by atoms with Crippen LogP contribution in [0.5, 0.6) is 5.75 Å². The Balaban J connectivity index is 1.76. The highest BCUT2D eigenvalue weighted by Crippen LogP contribution is 2.26. The van der Waals surface area contributed by atoms with Crippen LogP contribution in [0.15, 0.2) is 24.3 Å². The lowest BCUT2D eigenvalue weighted by Crippen LogP contribution is -2.43. The summed E-state index contributed by atoms with van der Waals surface area (Å²) in [6, 6.07) is 7.67. The van der Waals surface area contributed by atoms with Crippen LogP contribution in [-0.4, -0.2) is 45.2 Å². The molecular formula is C15H20N2O4. The third-order valence-corrected chi connectivity index (χ3v) is 3.30. The van der Waals surface area contributed by atoms with Crippen molar-refractivity contribution in [2.24, 2.45) is 5.92 Å². The monoisotopic (exact) mass is 292 g/mol. The molecule has 1 aliphatic rings. The van der Waals surface area contributed by atoms with Gasteiger partial charge in [0.15, 0.2) is 0 Å². The number of hydrogen-bond donors (Lipinski definition) is 2. The third-order valence-electron chi connectivity index (χ3n) is 3.30. The Kier molecular flexibility index (Phi) is 5.57. The molecule has 0 radical (unpaired) electrons. The largest absolute Gasteiger partial charge is 0.492 e. The molecule has 2 amide bonds. The number of amides is 2. The van der Waals surface area contributed by atoms with Gasteiger partial charge >= 0.3 is 0 Å². The van der Waals surface area contributed by atoms with Crippen LogP contribution in [0.4, 0.5) is 0 Å². The fraction of sp³-hybridized carbons (Fsp3) is 0.467. The van der Waals surface area contributed by atoms with E-state index in [1.54, 1.807) is 7.11 Å². The smallest absolute Gasteiger partial charge is 0.239 e. The maximum absolute atomic E-state index is 12.0. The minimum atomic E-state index is -0.258. The summed E-state index contributed by atoms with van der Waals surface area (Å²) in [5.41, 5.74) is 1.02. The van der Waals surface area contributed by atoms with Crippen molar-refractivity contribution >= 4 is 11.8 Å². The summed E-state index contributed by atoms with van der Waals surface area (Å²) in [5.74, 6) is 0.189. The quantitative estimate of drug-likeness (QED) is 0.730. The average Bonchev–Trinajstić information content (AvgIpc) is 2.52. The van der Waals surface area contributed by atoms with Crippen molar-refractivity contribution in [2.75, 3.05) is 33.4 Å². The van der Waals surface area contributed by atoms with Crippen LogP contribution in [0.1, 0.15) is 5.56 Å². The molecule has 0 bridgehead atoms. The minimum Gasteiger partial charge on any atom is -0.492 e. The van der Waals surface area contributed by atoms with Crippen molar-refractivity contribution in [1.82, 2.24) is 10.6 Å². The molecule has 1 unspecified atom stereocenters.